The first-order valence-corrected chi connectivity index (χ1v) is 6.72. The lowest BCUT2D eigenvalue weighted by Gasteiger charge is -2.21. The summed E-state index contributed by atoms with van der Waals surface area (Å²) in [7, 11) is 0. The highest BCUT2D eigenvalue weighted by Gasteiger charge is 2.19. The molecular formula is C16H18F2N2. The minimum atomic E-state index is -0.357. The standard InChI is InChI=1S/C16H18F2N2/c1-3-7-20-16(14-6-8-19-10-15(14)18)13-5-4-12(17)9-11(13)2/h4-6,8-10,16,20H,3,7H2,1-2H3. The van der Waals surface area contributed by atoms with Crippen LogP contribution in [0.2, 0.25) is 0 Å². The Hall–Kier alpha value is -1.81. The number of hydrogen-bond donors (Lipinski definition) is 1. The molecular weight excluding hydrogens is 258 g/mol. The van der Waals surface area contributed by atoms with E-state index in [1.165, 1.54) is 18.3 Å². The molecule has 0 radical (unpaired) electrons. The van der Waals surface area contributed by atoms with Crippen molar-refractivity contribution >= 4 is 0 Å². The quantitative estimate of drug-likeness (QED) is 0.899. The molecule has 106 valence electrons. The highest BCUT2D eigenvalue weighted by Crippen LogP contribution is 2.27. The fourth-order valence-electron chi connectivity index (χ4n) is 2.26. The van der Waals surface area contributed by atoms with Crippen LogP contribution in [0.4, 0.5) is 8.78 Å². The largest absolute Gasteiger partial charge is 0.306 e. The molecule has 0 bridgehead atoms. The van der Waals surface area contributed by atoms with Gasteiger partial charge in [0.25, 0.3) is 0 Å². The molecule has 0 spiro atoms. The fraction of sp³-hybridized carbons (Fsp3) is 0.312. The average molecular weight is 276 g/mol. The van der Waals surface area contributed by atoms with Crippen molar-refractivity contribution in [3.8, 4) is 0 Å². The Bertz CT molecular complexity index is 584. The number of rotatable bonds is 5. The number of hydrogen-bond acceptors (Lipinski definition) is 2. The first kappa shape index (κ1) is 14.6. The number of aromatic nitrogens is 1. The van der Waals surface area contributed by atoms with E-state index in [1.54, 1.807) is 18.3 Å². The third kappa shape index (κ3) is 3.20. The molecule has 4 heteroatoms. The summed E-state index contributed by atoms with van der Waals surface area (Å²) < 4.78 is 27.2. The molecule has 1 heterocycles. The van der Waals surface area contributed by atoms with E-state index in [9.17, 15) is 8.78 Å². The predicted octanol–water partition coefficient (Wildman–Crippen LogP) is 3.76. The van der Waals surface area contributed by atoms with E-state index in [1.807, 2.05) is 13.8 Å². The van der Waals surface area contributed by atoms with Crippen LogP contribution in [0.1, 0.15) is 36.1 Å². The van der Waals surface area contributed by atoms with Crippen LogP contribution >= 0.6 is 0 Å². The Morgan fingerprint density at radius 1 is 1.20 bits per heavy atom. The molecule has 1 N–H and O–H groups in total. The third-order valence-corrected chi connectivity index (χ3v) is 3.26. The number of nitrogens with zero attached hydrogens (tertiary/aromatic N) is 1. The van der Waals surface area contributed by atoms with E-state index in [-0.39, 0.29) is 17.7 Å². The van der Waals surface area contributed by atoms with E-state index in [0.29, 0.717) is 5.56 Å². The zero-order valence-electron chi connectivity index (χ0n) is 11.7. The number of halogens is 2. The number of nitrogens with one attached hydrogen (secondary N) is 1. The Labute approximate surface area is 117 Å². The van der Waals surface area contributed by atoms with Gasteiger partial charge in [0.2, 0.25) is 0 Å². The van der Waals surface area contributed by atoms with Crippen LogP contribution in [0, 0.1) is 18.6 Å². The van der Waals surface area contributed by atoms with E-state index in [2.05, 4.69) is 10.3 Å². The van der Waals surface area contributed by atoms with Crippen molar-refractivity contribution in [2.45, 2.75) is 26.3 Å². The highest BCUT2D eigenvalue weighted by atomic mass is 19.1. The number of benzene rings is 1. The second-order valence-electron chi connectivity index (χ2n) is 4.79. The lowest BCUT2D eigenvalue weighted by atomic mass is 9.95. The lowest BCUT2D eigenvalue weighted by Crippen LogP contribution is -2.25. The normalized spacial score (nSPS) is 12.4. The molecule has 0 aliphatic heterocycles. The molecule has 1 unspecified atom stereocenters. The number of aryl methyl sites for hydroxylation is 1. The minimum Gasteiger partial charge on any atom is -0.306 e. The van der Waals surface area contributed by atoms with Gasteiger partial charge in [0.1, 0.15) is 11.6 Å². The van der Waals surface area contributed by atoms with Gasteiger partial charge in [0, 0.05) is 11.8 Å². The van der Waals surface area contributed by atoms with E-state index in [4.69, 9.17) is 0 Å². The zero-order valence-corrected chi connectivity index (χ0v) is 11.7. The number of pyridine rings is 1. The van der Waals surface area contributed by atoms with Gasteiger partial charge >= 0.3 is 0 Å². The van der Waals surface area contributed by atoms with E-state index < -0.39 is 0 Å². The van der Waals surface area contributed by atoms with Crippen LogP contribution in [0.5, 0.6) is 0 Å². The van der Waals surface area contributed by atoms with E-state index in [0.717, 1.165) is 24.1 Å². The van der Waals surface area contributed by atoms with Crippen LogP contribution in [0.3, 0.4) is 0 Å². The summed E-state index contributed by atoms with van der Waals surface area (Å²) in [5, 5.41) is 3.31. The molecule has 1 aromatic heterocycles. The summed E-state index contributed by atoms with van der Waals surface area (Å²) >= 11 is 0. The first-order chi connectivity index (χ1) is 9.63. The molecule has 2 rings (SSSR count). The van der Waals surface area contributed by atoms with Crippen molar-refractivity contribution in [2.75, 3.05) is 6.54 Å². The maximum Gasteiger partial charge on any atom is 0.146 e. The van der Waals surface area contributed by atoms with Gasteiger partial charge < -0.3 is 5.32 Å². The van der Waals surface area contributed by atoms with Crippen LogP contribution in [-0.2, 0) is 0 Å². The topological polar surface area (TPSA) is 24.9 Å². The van der Waals surface area contributed by atoms with Crippen molar-refractivity contribution in [3.05, 3.63) is 65.0 Å². The van der Waals surface area contributed by atoms with Crippen LogP contribution in [-0.4, -0.2) is 11.5 Å². The van der Waals surface area contributed by atoms with Crippen molar-refractivity contribution in [1.29, 1.82) is 0 Å². The average Bonchev–Trinajstić information content (AvgIpc) is 2.42. The molecule has 0 fully saturated rings. The third-order valence-electron chi connectivity index (χ3n) is 3.26. The Morgan fingerprint density at radius 3 is 2.65 bits per heavy atom. The van der Waals surface area contributed by atoms with Gasteiger partial charge in [-0.2, -0.15) is 0 Å². The monoisotopic (exact) mass is 276 g/mol. The van der Waals surface area contributed by atoms with Crippen molar-refractivity contribution in [1.82, 2.24) is 10.3 Å². The summed E-state index contributed by atoms with van der Waals surface area (Å²) in [4.78, 5) is 3.78. The molecule has 2 aromatic rings. The van der Waals surface area contributed by atoms with Crippen molar-refractivity contribution in [3.63, 3.8) is 0 Å². The summed E-state index contributed by atoms with van der Waals surface area (Å²) in [5.74, 6) is -0.638. The predicted molar refractivity (Wildman–Crippen MR) is 75.5 cm³/mol. The molecule has 20 heavy (non-hydrogen) atoms. The Kier molecular flexibility index (Phi) is 4.79. The SMILES string of the molecule is CCCNC(c1ccc(F)cc1C)c1ccncc1F. The van der Waals surface area contributed by atoms with Gasteiger partial charge in [-0.15, -0.1) is 0 Å². The molecule has 0 aliphatic carbocycles. The molecule has 0 saturated carbocycles. The molecule has 0 aliphatic rings. The van der Waals surface area contributed by atoms with Gasteiger partial charge in [0.05, 0.1) is 12.2 Å². The van der Waals surface area contributed by atoms with Crippen LogP contribution < -0.4 is 5.32 Å². The van der Waals surface area contributed by atoms with Gasteiger partial charge in [0.15, 0.2) is 0 Å². The zero-order chi connectivity index (χ0) is 14.5. The smallest absolute Gasteiger partial charge is 0.146 e. The van der Waals surface area contributed by atoms with Gasteiger partial charge in [-0.05, 0) is 49.2 Å². The van der Waals surface area contributed by atoms with Gasteiger partial charge in [-0.25, -0.2) is 8.78 Å². The second kappa shape index (κ2) is 6.57. The summed E-state index contributed by atoms with van der Waals surface area (Å²) in [5.41, 5.74) is 2.21. The highest BCUT2D eigenvalue weighted by molar-refractivity contribution is 5.37. The molecule has 2 nitrogen and oxygen atoms in total. The minimum absolute atomic E-state index is 0.282. The molecule has 0 amide bonds. The van der Waals surface area contributed by atoms with Gasteiger partial charge in [-0.1, -0.05) is 13.0 Å². The van der Waals surface area contributed by atoms with E-state index >= 15 is 0 Å². The van der Waals surface area contributed by atoms with Crippen molar-refractivity contribution < 1.29 is 8.78 Å². The van der Waals surface area contributed by atoms with Gasteiger partial charge in [-0.3, -0.25) is 4.98 Å². The molecule has 1 aromatic carbocycles. The van der Waals surface area contributed by atoms with Crippen LogP contribution in [0.25, 0.3) is 0 Å². The molecule has 1 atom stereocenters. The Balaban J connectivity index is 2.44. The molecule has 0 saturated heterocycles. The van der Waals surface area contributed by atoms with Crippen molar-refractivity contribution in [2.24, 2.45) is 0 Å². The summed E-state index contributed by atoms with van der Waals surface area (Å²) in [6.07, 6.45) is 3.70. The maximum absolute atomic E-state index is 14.0. The second-order valence-corrected chi connectivity index (χ2v) is 4.79. The fourth-order valence-corrected chi connectivity index (χ4v) is 2.26. The first-order valence-electron chi connectivity index (χ1n) is 6.72. The maximum atomic E-state index is 14.0. The summed E-state index contributed by atoms with van der Waals surface area (Å²) in [6, 6.07) is 5.94. The lowest BCUT2D eigenvalue weighted by molar-refractivity contribution is 0.540. The Morgan fingerprint density at radius 2 is 2.00 bits per heavy atom. The summed E-state index contributed by atoms with van der Waals surface area (Å²) in [6.45, 7) is 4.63. The van der Waals surface area contributed by atoms with Crippen LogP contribution in [0.15, 0.2) is 36.7 Å².